The fraction of sp³-hybridized carbons (Fsp3) is 0.476. The number of nitrogens with zero attached hydrogens (tertiary/aromatic N) is 5. The van der Waals surface area contributed by atoms with E-state index >= 15 is 0 Å². The number of hydrogen-bond acceptors (Lipinski definition) is 4. The lowest BCUT2D eigenvalue weighted by molar-refractivity contribution is -0.130. The van der Waals surface area contributed by atoms with E-state index in [1.807, 2.05) is 48.7 Å². The first-order valence-corrected chi connectivity index (χ1v) is 10.0. The van der Waals surface area contributed by atoms with Gasteiger partial charge in [0.25, 0.3) is 0 Å². The molecule has 0 spiro atoms. The normalized spacial score (nSPS) is 14.8. The Morgan fingerprint density at radius 2 is 1.79 bits per heavy atom. The summed E-state index contributed by atoms with van der Waals surface area (Å²) in [6.07, 6.45) is 0. The molecular weight excluding hydrogens is 366 g/mol. The minimum absolute atomic E-state index is 0.0920. The smallest absolute Gasteiger partial charge is 0.242 e. The van der Waals surface area contributed by atoms with E-state index in [9.17, 15) is 4.79 Å². The van der Waals surface area contributed by atoms with Crippen LogP contribution in [0.1, 0.15) is 17.0 Å². The number of anilines is 1. The SMILES string of the molecule is CN=C(NCC(=O)N1CCN(c2ccccc2)CC1)NCc1c(C)nn(C)c1C. The van der Waals surface area contributed by atoms with Crippen LogP contribution in [0.5, 0.6) is 0 Å². The van der Waals surface area contributed by atoms with Crippen molar-refractivity contribution in [2.24, 2.45) is 12.0 Å². The highest BCUT2D eigenvalue weighted by molar-refractivity contribution is 5.86. The number of guanidine groups is 1. The van der Waals surface area contributed by atoms with Crippen LogP contribution in [0.4, 0.5) is 5.69 Å². The minimum atomic E-state index is 0.0920. The number of carbonyl (C=O) groups excluding carboxylic acids is 1. The van der Waals surface area contributed by atoms with E-state index in [0.717, 1.165) is 43.1 Å². The summed E-state index contributed by atoms with van der Waals surface area (Å²) in [6.45, 7) is 8.06. The Morgan fingerprint density at radius 3 is 2.38 bits per heavy atom. The second-order valence-electron chi connectivity index (χ2n) is 7.26. The molecule has 2 heterocycles. The molecule has 1 fully saturated rings. The van der Waals surface area contributed by atoms with E-state index in [1.54, 1.807) is 7.05 Å². The van der Waals surface area contributed by atoms with Crippen LogP contribution in [-0.2, 0) is 18.4 Å². The number of benzene rings is 1. The average Bonchev–Trinajstić information content (AvgIpc) is 3.00. The standard InChI is InChI=1S/C21H31N7O/c1-16-19(17(2)26(4)25-16)14-23-21(22-3)24-15-20(29)28-12-10-27(11-13-28)18-8-6-5-7-9-18/h5-9H,10-15H2,1-4H3,(H2,22,23,24). The second kappa shape index (κ2) is 9.45. The Hall–Kier alpha value is -3.03. The Morgan fingerprint density at radius 1 is 1.10 bits per heavy atom. The molecule has 1 aromatic heterocycles. The predicted molar refractivity (Wildman–Crippen MR) is 116 cm³/mol. The maximum absolute atomic E-state index is 12.6. The van der Waals surface area contributed by atoms with Crippen molar-refractivity contribution < 1.29 is 4.79 Å². The topological polar surface area (TPSA) is 77.8 Å². The van der Waals surface area contributed by atoms with Gasteiger partial charge in [0.05, 0.1) is 12.2 Å². The highest BCUT2D eigenvalue weighted by atomic mass is 16.2. The zero-order chi connectivity index (χ0) is 20.8. The Labute approximate surface area is 172 Å². The summed E-state index contributed by atoms with van der Waals surface area (Å²) < 4.78 is 1.88. The monoisotopic (exact) mass is 397 g/mol. The molecule has 156 valence electrons. The van der Waals surface area contributed by atoms with Crippen molar-refractivity contribution >= 4 is 17.6 Å². The van der Waals surface area contributed by atoms with Gasteiger partial charge in [-0.25, -0.2) is 0 Å². The zero-order valence-corrected chi connectivity index (χ0v) is 17.8. The fourth-order valence-corrected chi connectivity index (χ4v) is 3.59. The predicted octanol–water partition coefficient (Wildman–Crippen LogP) is 1.05. The number of para-hydroxylation sites is 1. The van der Waals surface area contributed by atoms with Gasteiger partial charge in [0, 0.05) is 63.8 Å². The van der Waals surface area contributed by atoms with Gasteiger partial charge in [0.2, 0.25) is 5.91 Å². The Balaban J connectivity index is 1.44. The molecule has 1 amide bonds. The van der Waals surface area contributed by atoms with E-state index in [2.05, 4.69) is 37.8 Å². The molecule has 0 bridgehead atoms. The van der Waals surface area contributed by atoms with Crippen molar-refractivity contribution in [1.82, 2.24) is 25.3 Å². The molecule has 0 aliphatic carbocycles. The maximum Gasteiger partial charge on any atom is 0.242 e. The number of aryl methyl sites for hydroxylation is 2. The summed E-state index contributed by atoms with van der Waals surface area (Å²) in [4.78, 5) is 21.1. The molecule has 8 heteroatoms. The summed E-state index contributed by atoms with van der Waals surface area (Å²) >= 11 is 0. The van der Waals surface area contributed by atoms with Crippen LogP contribution >= 0.6 is 0 Å². The molecule has 1 aromatic carbocycles. The number of piperazine rings is 1. The molecule has 0 atom stereocenters. The minimum Gasteiger partial charge on any atom is -0.368 e. The number of rotatable bonds is 5. The second-order valence-corrected chi connectivity index (χ2v) is 7.26. The van der Waals surface area contributed by atoms with Gasteiger partial charge >= 0.3 is 0 Å². The van der Waals surface area contributed by atoms with Crippen LogP contribution in [0.15, 0.2) is 35.3 Å². The van der Waals surface area contributed by atoms with E-state index in [-0.39, 0.29) is 12.5 Å². The molecule has 0 saturated carbocycles. The van der Waals surface area contributed by atoms with E-state index in [0.29, 0.717) is 12.5 Å². The third-order valence-electron chi connectivity index (χ3n) is 5.48. The van der Waals surface area contributed by atoms with Gasteiger partial charge in [-0.05, 0) is 26.0 Å². The Kier molecular flexibility index (Phi) is 6.74. The molecule has 2 aromatic rings. The summed E-state index contributed by atoms with van der Waals surface area (Å²) in [5, 5.41) is 10.8. The first-order valence-electron chi connectivity index (χ1n) is 10.0. The van der Waals surface area contributed by atoms with Gasteiger partial charge in [0.15, 0.2) is 5.96 Å². The molecule has 0 radical (unpaired) electrons. The number of hydrogen-bond donors (Lipinski definition) is 2. The zero-order valence-electron chi connectivity index (χ0n) is 17.8. The van der Waals surface area contributed by atoms with Gasteiger partial charge in [-0.3, -0.25) is 14.5 Å². The number of carbonyl (C=O) groups is 1. The van der Waals surface area contributed by atoms with Crippen molar-refractivity contribution in [2.45, 2.75) is 20.4 Å². The van der Waals surface area contributed by atoms with Crippen molar-refractivity contribution in [3.05, 3.63) is 47.3 Å². The van der Waals surface area contributed by atoms with E-state index in [1.165, 1.54) is 5.69 Å². The number of nitrogens with one attached hydrogen (secondary N) is 2. The van der Waals surface area contributed by atoms with E-state index in [4.69, 9.17) is 0 Å². The molecule has 29 heavy (non-hydrogen) atoms. The third-order valence-corrected chi connectivity index (χ3v) is 5.48. The molecule has 8 nitrogen and oxygen atoms in total. The van der Waals surface area contributed by atoms with Crippen molar-refractivity contribution in [3.63, 3.8) is 0 Å². The van der Waals surface area contributed by atoms with Gasteiger partial charge in [-0.15, -0.1) is 0 Å². The van der Waals surface area contributed by atoms with Crippen LogP contribution in [-0.4, -0.2) is 66.3 Å². The molecule has 3 rings (SSSR count). The fourth-order valence-electron chi connectivity index (χ4n) is 3.59. The Bertz CT molecular complexity index is 851. The van der Waals surface area contributed by atoms with Crippen molar-refractivity contribution in [1.29, 1.82) is 0 Å². The van der Waals surface area contributed by atoms with Crippen molar-refractivity contribution in [3.8, 4) is 0 Å². The van der Waals surface area contributed by atoms with Gasteiger partial charge in [-0.2, -0.15) is 5.10 Å². The largest absolute Gasteiger partial charge is 0.368 e. The molecule has 2 N–H and O–H groups in total. The van der Waals surface area contributed by atoms with Gasteiger partial charge in [0.1, 0.15) is 0 Å². The highest BCUT2D eigenvalue weighted by Gasteiger charge is 2.21. The first kappa shape index (κ1) is 20.7. The van der Waals surface area contributed by atoms with Crippen LogP contribution < -0.4 is 15.5 Å². The van der Waals surface area contributed by atoms with Crippen LogP contribution in [0.2, 0.25) is 0 Å². The molecular formula is C21H31N7O. The maximum atomic E-state index is 12.6. The van der Waals surface area contributed by atoms with Crippen LogP contribution in [0, 0.1) is 13.8 Å². The van der Waals surface area contributed by atoms with Crippen molar-refractivity contribution in [2.75, 3.05) is 44.7 Å². The average molecular weight is 398 g/mol. The third kappa shape index (κ3) is 5.07. The summed E-state index contributed by atoms with van der Waals surface area (Å²) in [6, 6.07) is 10.3. The molecule has 1 aliphatic rings. The lowest BCUT2D eigenvalue weighted by atomic mass is 10.2. The van der Waals surface area contributed by atoms with Gasteiger partial charge < -0.3 is 20.4 Å². The number of aromatic nitrogens is 2. The first-order chi connectivity index (χ1) is 14.0. The number of aliphatic imine (C=N–C) groups is 1. The highest BCUT2D eigenvalue weighted by Crippen LogP contribution is 2.15. The summed E-state index contributed by atoms with van der Waals surface area (Å²) in [5.74, 6) is 0.707. The molecule has 1 saturated heterocycles. The van der Waals surface area contributed by atoms with Crippen LogP contribution in [0.25, 0.3) is 0 Å². The van der Waals surface area contributed by atoms with Crippen LogP contribution in [0.3, 0.4) is 0 Å². The van der Waals surface area contributed by atoms with Gasteiger partial charge in [-0.1, -0.05) is 18.2 Å². The molecule has 0 unspecified atom stereocenters. The lowest BCUT2D eigenvalue weighted by Gasteiger charge is -2.36. The summed E-state index contributed by atoms with van der Waals surface area (Å²) in [7, 11) is 3.65. The molecule has 1 aliphatic heterocycles. The summed E-state index contributed by atoms with van der Waals surface area (Å²) in [5.41, 5.74) is 4.49. The lowest BCUT2D eigenvalue weighted by Crippen LogP contribution is -2.52. The quantitative estimate of drug-likeness (QED) is 0.583. The van der Waals surface area contributed by atoms with E-state index < -0.39 is 0 Å². The number of amides is 1.